The molecule has 1 aromatic carbocycles. The van der Waals surface area contributed by atoms with Gasteiger partial charge < -0.3 is 9.73 Å². The van der Waals surface area contributed by atoms with E-state index in [1.165, 1.54) is 18.4 Å². The van der Waals surface area contributed by atoms with Crippen LogP contribution in [0.2, 0.25) is 0 Å². The van der Waals surface area contributed by atoms with Gasteiger partial charge in [0.25, 0.3) is 0 Å². The lowest BCUT2D eigenvalue weighted by Crippen LogP contribution is -2.45. The molecular formula is C15H13F5N2O. The molecule has 1 aromatic heterocycles. The molecule has 124 valence electrons. The fourth-order valence-electron chi connectivity index (χ4n) is 2.75. The standard InChI is InChI=1S/C15H13F5N2O/c16-10-9(11(17)13(19)14(20)12(10)18)15(8-2-1-7-23-8)22-5-3-21-4-6-22/h1-2,7,15,21H,3-6H2/t15-/m1/s1. The summed E-state index contributed by atoms with van der Waals surface area (Å²) in [7, 11) is 0. The first-order valence-electron chi connectivity index (χ1n) is 7.02. The van der Waals surface area contributed by atoms with E-state index in [4.69, 9.17) is 4.42 Å². The van der Waals surface area contributed by atoms with Gasteiger partial charge >= 0.3 is 0 Å². The molecule has 1 aliphatic heterocycles. The predicted octanol–water partition coefficient (Wildman–Crippen LogP) is 2.97. The Morgan fingerprint density at radius 3 is 2.00 bits per heavy atom. The first-order chi connectivity index (χ1) is 11.0. The Balaban J connectivity index is 2.18. The van der Waals surface area contributed by atoms with E-state index in [1.54, 1.807) is 4.90 Å². The summed E-state index contributed by atoms with van der Waals surface area (Å²) in [5, 5.41) is 3.06. The lowest BCUT2D eigenvalue weighted by molar-refractivity contribution is 0.170. The number of piperazine rings is 1. The van der Waals surface area contributed by atoms with Crippen molar-refractivity contribution in [2.75, 3.05) is 26.2 Å². The summed E-state index contributed by atoms with van der Waals surface area (Å²) < 4.78 is 73.9. The molecule has 1 N–H and O–H groups in total. The Bertz CT molecular complexity index is 669. The van der Waals surface area contributed by atoms with Crippen LogP contribution in [-0.4, -0.2) is 31.1 Å². The molecule has 3 rings (SSSR count). The molecule has 1 atom stereocenters. The van der Waals surface area contributed by atoms with Gasteiger partial charge in [0.15, 0.2) is 23.3 Å². The van der Waals surface area contributed by atoms with Crippen LogP contribution < -0.4 is 5.32 Å². The second kappa shape index (κ2) is 6.29. The molecule has 2 heterocycles. The quantitative estimate of drug-likeness (QED) is 0.532. The van der Waals surface area contributed by atoms with Crippen molar-refractivity contribution in [3.05, 3.63) is 58.8 Å². The van der Waals surface area contributed by atoms with Crippen LogP contribution in [0.3, 0.4) is 0 Å². The number of hydrogen-bond acceptors (Lipinski definition) is 3. The normalized spacial score (nSPS) is 17.4. The Hall–Kier alpha value is -1.93. The third-order valence-corrected chi connectivity index (χ3v) is 3.85. The fourth-order valence-corrected chi connectivity index (χ4v) is 2.75. The highest BCUT2D eigenvalue weighted by atomic mass is 19.2. The highest BCUT2D eigenvalue weighted by molar-refractivity contribution is 5.32. The van der Waals surface area contributed by atoms with Crippen LogP contribution >= 0.6 is 0 Å². The van der Waals surface area contributed by atoms with E-state index < -0.39 is 40.7 Å². The van der Waals surface area contributed by atoms with Gasteiger partial charge in [0.2, 0.25) is 5.82 Å². The molecule has 1 aliphatic rings. The largest absolute Gasteiger partial charge is 0.467 e. The Labute approximate surface area is 128 Å². The summed E-state index contributed by atoms with van der Waals surface area (Å²) in [6, 6.07) is 1.76. The van der Waals surface area contributed by atoms with E-state index in [9.17, 15) is 22.0 Å². The molecule has 0 spiro atoms. The van der Waals surface area contributed by atoms with E-state index in [-0.39, 0.29) is 5.76 Å². The van der Waals surface area contributed by atoms with Crippen LogP contribution in [0.5, 0.6) is 0 Å². The minimum absolute atomic E-state index is 0.120. The van der Waals surface area contributed by atoms with Gasteiger partial charge in [0.05, 0.1) is 17.9 Å². The highest BCUT2D eigenvalue weighted by Gasteiger charge is 2.36. The van der Waals surface area contributed by atoms with Gasteiger partial charge in [-0.3, -0.25) is 4.90 Å². The predicted molar refractivity (Wildman–Crippen MR) is 71.2 cm³/mol. The molecule has 0 aliphatic carbocycles. The highest BCUT2D eigenvalue weighted by Crippen LogP contribution is 2.35. The van der Waals surface area contributed by atoms with Crippen LogP contribution in [-0.2, 0) is 0 Å². The molecule has 2 aromatic rings. The van der Waals surface area contributed by atoms with E-state index in [2.05, 4.69) is 5.32 Å². The van der Waals surface area contributed by atoms with Crippen LogP contribution in [0.4, 0.5) is 22.0 Å². The molecule has 1 fully saturated rings. The van der Waals surface area contributed by atoms with Crippen LogP contribution in [0.25, 0.3) is 0 Å². The van der Waals surface area contributed by atoms with Crippen LogP contribution in [0.15, 0.2) is 22.8 Å². The van der Waals surface area contributed by atoms with E-state index >= 15 is 0 Å². The maximum Gasteiger partial charge on any atom is 0.200 e. The molecule has 23 heavy (non-hydrogen) atoms. The van der Waals surface area contributed by atoms with Crippen molar-refractivity contribution in [2.24, 2.45) is 0 Å². The van der Waals surface area contributed by atoms with Crippen LogP contribution in [0.1, 0.15) is 17.4 Å². The molecule has 0 unspecified atom stereocenters. The smallest absolute Gasteiger partial charge is 0.200 e. The van der Waals surface area contributed by atoms with E-state index in [0.29, 0.717) is 26.2 Å². The van der Waals surface area contributed by atoms with Gasteiger partial charge in [-0.15, -0.1) is 0 Å². The van der Waals surface area contributed by atoms with Gasteiger partial charge in [-0.1, -0.05) is 0 Å². The molecule has 0 saturated carbocycles. The summed E-state index contributed by atoms with van der Waals surface area (Å²) >= 11 is 0. The first kappa shape index (κ1) is 15.9. The Morgan fingerprint density at radius 2 is 1.48 bits per heavy atom. The molecule has 0 bridgehead atoms. The first-order valence-corrected chi connectivity index (χ1v) is 7.02. The lowest BCUT2D eigenvalue weighted by atomic mass is 9.99. The number of furan rings is 1. The average molecular weight is 332 g/mol. The van der Waals surface area contributed by atoms with Gasteiger partial charge in [0.1, 0.15) is 5.76 Å². The monoisotopic (exact) mass is 332 g/mol. The van der Waals surface area contributed by atoms with Crippen molar-refractivity contribution in [1.29, 1.82) is 0 Å². The number of rotatable bonds is 3. The molecule has 0 radical (unpaired) electrons. The SMILES string of the molecule is Fc1c(F)c(F)c([C@@H](c2ccco2)N2CCNCC2)c(F)c1F. The zero-order valence-corrected chi connectivity index (χ0v) is 11.9. The number of nitrogens with one attached hydrogen (secondary N) is 1. The molecule has 3 nitrogen and oxygen atoms in total. The summed E-state index contributed by atoms with van der Waals surface area (Å²) in [4.78, 5) is 1.62. The maximum atomic E-state index is 14.2. The second-order valence-electron chi connectivity index (χ2n) is 5.19. The maximum absolute atomic E-state index is 14.2. The fraction of sp³-hybridized carbons (Fsp3) is 0.333. The summed E-state index contributed by atoms with van der Waals surface area (Å²) in [5.74, 6) is -9.61. The minimum atomic E-state index is -2.16. The number of halogens is 5. The van der Waals surface area contributed by atoms with Crippen molar-refractivity contribution < 1.29 is 26.4 Å². The van der Waals surface area contributed by atoms with Gasteiger partial charge in [0, 0.05) is 26.2 Å². The Morgan fingerprint density at radius 1 is 0.913 bits per heavy atom. The van der Waals surface area contributed by atoms with Crippen LogP contribution in [0, 0.1) is 29.1 Å². The number of benzene rings is 1. The third-order valence-electron chi connectivity index (χ3n) is 3.85. The zero-order valence-electron chi connectivity index (χ0n) is 11.9. The van der Waals surface area contributed by atoms with Crippen molar-refractivity contribution in [1.82, 2.24) is 10.2 Å². The molecule has 8 heteroatoms. The third kappa shape index (κ3) is 2.72. The second-order valence-corrected chi connectivity index (χ2v) is 5.19. The van der Waals surface area contributed by atoms with Crippen molar-refractivity contribution in [3.63, 3.8) is 0 Å². The Kier molecular flexibility index (Phi) is 4.36. The number of nitrogens with zero attached hydrogens (tertiary/aromatic N) is 1. The van der Waals surface area contributed by atoms with Crippen molar-refractivity contribution in [2.45, 2.75) is 6.04 Å². The van der Waals surface area contributed by atoms with Crippen molar-refractivity contribution >= 4 is 0 Å². The van der Waals surface area contributed by atoms with Crippen molar-refractivity contribution in [3.8, 4) is 0 Å². The number of hydrogen-bond donors (Lipinski definition) is 1. The molecular weight excluding hydrogens is 319 g/mol. The van der Waals surface area contributed by atoms with Gasteiger partial charge in [-0.25, -0.2) is 22.0 Å². The molecule has 1 saturated heterocycles. The zero-order chi connectivity index (χ0) is 16.6. The lowest BCUT2D eigenvalue weighted by Gasteiger charge is -2.34. The average Bonchev–Trinajstić information content (AvgIpc) is 3.10. The van der Waals surface area contributed by atoms with E-state index in [1.807, 2.05) is 0 Å². The summed E-state index contributed by atoms with van der Waals surface area (Å²) in [6.07, 6.45) is 1.29. The van der Waals surface area contributed by atoms with Gasteiger partial charge in [-0.2, -0.15) is 0 Å². The van der Waals surface area contributed by atoms with E-state index in [0.717, 1.165) is 0 Å². The topological polar surface area (TPSA) is 28.4 Å². The minimum Gasteiger partial charge on any atom is -0.467 e. The molecule has 0 amide bonds. The van der Waals surface area contributed by atoms with Gasteiger partial charge in [-0.05, 0) is 12.1 Å². The summed E-state index contributed by atoms with van der Waals surface area (Å²) in [5.41, 5.74) is -0.891. The summed E-state index contributed by atoms with van der Waals surface area (Å²) in [6.45, 7) is 1.83.